The van der Waals surface area contributed by atoms with Crippen LogP contribution in [0.1, 0.15) is 13.8 Å². The third-order valence-electron chi connectivity index (χ3n) is 2.31. The molecule has 16 heavy (non-hydrogen) atoms. The van der Waals surface area contributed by atoms with Crippen molar-refractivity contribution in [2.24, 2.45) is 0 Å². The second kappa shape index (κ2) is 5.34. The molecule has 0 aromatic heterocycles. The minimum atomic E-state index is -0.418. The first-order valence-corrected chi connectivity index (χ1v) is 5.19. The molecule has 1 rings (SSSR count). The SMILES string of the molecule is CCN(CC)C(=O)Nc1ccc(F)cc1N. The topological polar surface area (TPSA) is 58.4 Å². The molecule has 0 spiro atoms. The van der Waals surface area contributed by atoms with Gasteiger partial charge in [-0.05, 0) is 32.0 Å². The number of hydrogen-bond donors (Lipinski definition) is 2. The maximum absolute atomic E-state index is 12.8. The Morgan fingerprint density at radius 1 is 1.44 bits per heavy atom. The van der Waals surface area contributed by atoms with Crippen molar-refractivity contribution < 1.29 is 9.18 Å². The standard InChI is InChI=1S/C11H16FN3O/c1-3-15(4-2)11(16)14-10-6-5-8(12)7-9(10)13/h5-7H,3-4,13H2,1-2H3,(H,14,16). The lowest BCUT2D eigenvalue weighted by molar-refractivity contribution is 0.217. The number of nitrogens with one attached hydrogen (secondary N) is 1. The van der Waals surface area contributed by atoms with E-state index in [4.69, 9.17) is 5.73 Å². The van der Waals surface area contributed by atoms with Crippen molar-refractivity contribution in [2.45, 2.75) is 13.8 Å². The molecule has 0 radical (unpaired) electrons. The average Bonchev–Trinajstić information content (AvgIpc) is 2.24. The summed E-state index contributed by atoms with van der Waals surface area (Å²) in [6, 6.07) is 3.65. The van der Waals surface area contributed by atoms with Crippen LogP contribution in [0.5, 0.6) is 0 Å². The molecule has 1 aromatic rings. The van der Waals surface area contributed by atoms with Crippen LogP contribution < -0.4 is 11.1 Å². The Bertz CT molecular complexity index is 377. The van der Waals surface area contributed by atoms with Crippen LogP contribution in [-0.4, -0.2) is 24.0 Å². The largest absolute Gasteiger partial charge is 0.397 e. The molecule has 2 amide bonds. The van der Waals surface area contributed by atoms with E-state index in [1.54, 1.807) is 4.90 Å². The summed E-state index contributed by atoms with van der Waals surface area (Å²) in [5.41, 5.74) is 6.23. The lowest BCUT2D eigenvalue weighted by Crippen LogP contribution is -2.34. The van der Waals surface area contributed by atoms with E-state index in [9.17, 15) is 9.18 Å². The van der Waals surface area contributed by atoms with Crippen molar-refractivity contribution >= 4 is 17.4 Å². The number of carbonyl (C=O) groups excluding carboxylic acids is 1. The first kappa shape index (κ1) is 12.3. The van der Waals surface area contributed by atoms with E-state index in [0.717, 1.165) is 0 Å². The Kier molecular flexibility index (Phi) is 4.10. The first-order chi connectivity index (χ1) is 7.58. The van der Waals surface area contributed by atoms with Crippen LogP contribution >= 0.6 is 0 Å². The van der Waals surface area contributed by atoms with Crippen molar-refractivity contribution in [1.82, 2.24) is 4.90 Å². The van der Waals surface area contributed by atoms with E-state index < -0.39 is 5.82 Å². The molecule has 0 saturated heterocycles. The summed E-state index contributed by atoms with van der Waals surface area (Å²) in [7, 11) is 0. The number of amides is 2. The Labute approximate surface area is 94.2 Å². The molecule has 0 heterocycles. The number of nitrogens with zero attached hydrogens (tertiary/aromatic N) is 1. The third kappa shape index (κ3) is 2.85. The zero-order chi connectivity index (χ0) is 12.1. The van der Waals surface area contributed by atoms with Gasteiger partial charge in [-0.3, -0.25) is 0 Å². The van der Waals surface area contributed by atoms with Gasteiger partial charge in [-0.2, -0.15) is 0 Å². The summed E-state index contributed by atoms with van der Waals surface area (Å²) in [6.07, 6.45) is 0. The predicted octanol–water partition coefficient (Wildman–Crippen LogP) is 2.28. The quantitative estimate of drug-likeness (QED) is 0.775. The van der Waals surface area contributed by atoms with Crippen molar-refractivity contribution in [3.8, 4) is 0 Å². The van der Waals surface area contributed by atoms with Crippen molar-refractivity contribution in [3.63, 3.8) is 0 Å². The summed E-state index contributed by atoms with van der Waals surface area (Å²) in [5.74, 6) is -0.418. The fourth-order valence-electron chi connectivity index (χ4n) is 1.35. The van der Waals surface area contributed by atoms with E-state index in [2.05, 4.69) is 5.32 Å². The van der Waals surface area contributed by atoms with Crippen LogP contribution in [0.15, 0.2) is 18.2 Å². The highest BCUT2D eigenvalue weighted by molar-refractivity contribution is 5.92. The van der Waals surface area contributed by atoms with Gasteiger partial charge >= 0.3 is 6.03 Å². The predicted molar refractivity (Wildman–Crippen MR) is 62.8 cm³/mol. The zero-order valence-electron chi connectivity index (χ0n) is 9.46. The lowest BCUT2D eigenvalue weighted by Gasteiger charge is -2.19. The third-order valence-corrected chi connectivity index (χ3v) is 2.31. The van der Waals surface area contributed by atoms with Crippen LogP contribution in [0.3, 0.4) is 0 Å². The molecule has 1 aromatic carbocycles. The van der Waals surface area contributed by atoms with Crippen LogP contribution in [0, 0.1) is 5.82 Å². The Balaban J connectivity index is 2.76. The van der Waals surface area contributed by atoms with E-state index in [1.807, 2.05) is 13.8 Å². The normalized spacial score (nSPS) is 9.94. The minimum absolute atomic E-state index is 0.223. The number of nitrogens with two attached hydrogens (primary N) is 1. The number of anilines is 2. The van der Waals surface area contributed by atoms with Gasteiger partial charge in [0.05, 0.1) is 11.4 Å². The van der Waals surface area contributed by atoms with Crippen LogP contribution in [0.2, 0.25) is 0 Å². The summed E-state index contributed by atoms with van der Waals surface area (Å²) in [6.45, 7) is 5.00. The highest BCUT2D eigenvalue weighted by Gasteiger charge is 2.10. The molecular formula is C11H16FN3O. The number of hydrogen-bond acceptors (Lipinski definition) is 2. The highest BCUT2D eigenvalue weighted by atomic mass is 19.1. The first-order valence-electron chi connectivity index (χ1n) is 5.19. The molecule has 0 bridgehead atoms. The molecule has 0 aliphatic heterocycles. The number of halogens is 1. The van der Waals surface area contributed by atoms with Crippen LogP contribution in [0.4, 0.5) is 20.6 Å². The summed E-state index contributed by atoms with van der Waals surface area (Å²) >= 11 is 0. The highest BCUT2D eigenvalue weighted by Crippen LogP contribution is 2.19. The molecule has 3 N–H and O–H groups in total. The average molecular weight is 225 g/mol. The summed E-state index contributed by atoms with van der Waals surface area (Å²) in [4.78, 5) is 13.3. The van der Waals surface area contributed by atoms with E-state index in [-0.39, 0.29) is 11.7 Å². The fourth-order valence-corrected chi connectivity index (χ4v) is 1.35. The zero-order valence-corrected chi connectivity index (χ0v) is 9.46. The Hall–Kier alpha value is -1.78. The molecule has 88 valence electrons. The van der Waals surface area contributed by atoms with E-state index >= 15 is 0 Å². The molecule has 0 saturated carbocycles. The van der Waals surface area contributed by atoms with Gasteiger partial charge in [0.25, 0.3) is 0 Å². The lowest BCUT2D eigenvalue weighted by atomic mass is 10.2. The molecule has 5 heteroatoms. The second-order valence-corrected chi connectivity index (χ2v) is 3.33. The Morgan fingerprint density at radius 2 is 2.06 bits per heavy atom. The maximum Gasteiger partial charge on any atom is 0.321 e. The Morgan fingerprint density at radius 3 is 2.56 bits per heavy atom. The molecule has 0 atom stereocenters. The summed E-state index contributed by atoms with van der Waals surface area (Å²) < 4.78 is 12.8. The molecule has 0 aliphatic carbocycles. The fraction of sp³-hybridized carbons (Fsp3) is 0.364. The molecule has 0 unspecified atom stereocenters. The van der Waals surface area contributed by atoms with Gasteiger partial charge in [0.2, 0.25) is 0 Å². The summed E-state index contributed by atoms with van der Waals surface area (Å²) in [5, 5.41) is 2.63. The number of carbonyl (C=O) groups is 1. The van der Waals surface area contributed by atoms with Crippen molar-refractivity contribution in [2.75, 3.05) is 24.1 Å². The maximum atomic E-state index is 12.8. The van der Waals surface area contributed by atoms with Gasteiger partial charge in [0.1, 0.15) is 5.82 Å². The van der Waals surface area contributed by atoms with Gasteiger partial charge in [0.15, 0.2) is 0 Å². The minimum Gasteiger partial charge on any atom is -0.397 e. The number of nitrogen functional groups attached to an aromatic ring is 1. The van der Waals surface area contributed by atoms with Gasteiger partial charge < -0.3 is 16.0 Å². The van der Waals surface area contributed by atoms with Crippen LogP contribution in [-0.2, 0) is 0 Å². The van der Waals surface area contributed by atoms with Gasteiger partial charge in [-0.1, -0.05) is 0 Å². The van der Waals surface area contributed by atoms with Gasteiger partial charge in [-0.15, -0.1) is 0 Å². The van der Waals surface area contributed by atoms with Gasteiger partial charge in [0, 0.05) is 13.1 Å². The monoisotopic (exact) mass is 225 g/mol. The number of rotatable bonds is 3. The van der Waals surface area contributed by atoms with E-state index in [1.165, 1.54) is 18.2 Å². The molecule has 0 aliphatic rings. The van der Waals surface area contributed by atoms with Crippen molar-refractivity contribution in [1.29, 1.82) is 0 Å². The smallest absolute Gasteiger partial charge is 0.321 e. The second-order valence-electron chi connectivity index (χ2n) is 3.33. The molecular weight excluding hydrogens is 209 g/mol. The number of urea groups is 1. The molecule has 0 fully saturated rings. The molecule has 4 nitrogen and oxygen atoms in total. The van der Waals surface area contributed by atoms with E-state index in [0.29, 0.717) is 18.8 Å². The van der Waals surface area contributed by atoms with Crippen LogP contribution in [0.25, 0.3) is 0 Å². The number of benzene rings is 1. The van der Waals surface area contributed by atoms with Crippen molar-refractivity contribution in [3.05, 3.63) is 24.0 Å². The van der Waals surface area contributed by atoms with Gasteiger partial charge in [-0.25, -0.2) is 9.18 Å².